The van der Waals surface area contributed by atoms with Crippen molar-refractivity contribution in [2.45, 2.75) is 12.6 Å². The molecule has 3 aromatic rings. The summed E-state index contributed by atoms with van der Waals surface area (Å²) >= 11 is 6.29. The van der Waals surface area contributed by atoms with Crippen LogP contribution in [0.2, 0.25) is 5.02 Å². The van der Waals surface area contributed by atoms with Gasteiger partial charge in [0, 0.05) is 37.1 Å². The highest BCUT2D eigenvalue weighted by Gasteiger charge is 2.24. The molecule has 0 unspecified atom stereocenters. The number of nitrogens with zero attached hydrogens (tertiary/aromatic N) is 5. The van der Waals surface area contributed by atoms with Crippen LogP contribution in [-0.2, 0) is 11.3 Å². The van der Waals surface area contributed by atoms with Crippen LogP contribution >= 0.6 is 11.6 Å². The van der Waals surface area contributed by atoms with Gasteiger partial charge in [-0.1, -0.05) is 29.8 Å². The summed E-state index contributed by atoms with van der Waals surface area (Å²) in [5.74, 6) is 1.07. The third-order valence-electron chi connectivity index (χ3n) is 4.29. The molecule has 0 spiro atoms. The maximum absolute atomic E-state index is 6.29. The first-order chi connectivity index (χ1) is 13.3. The average molecular weight is 383 g/mol. The molecule has 7 nitrogen and oxygen atoms in total. The lowest BCUT2D eigenvalue weighted by Crippen LogP contribution is -2.38. The van der Waals surface area contributed by atoms with Gasteiger partial charge in [-0.2, -0.15) is 0 Å². The second kappa shape index (κ2) is 8.39. The first-order valence-electron chi connectivity index (χ1n) is 8.71. The van der Waals surface area contributed by atoms with Gasteiger partial charge in [0.15, 0.2) is 5.82 Å². The van der Waals surface area contributed by atoms with Gasteiger partial charge >= 0.3 is 0 Å². The Morgan fingerprint density at radius 2 is 2.00 bits per heavy atom. The fraction of sp³-hybridized carbons (Fsp3) is 0.263. The normalized spacial score (nSPS) is 17.6. The average Bonchev–Trinajstić information content (AvgIpc) is 2.71. The number of ether oxygens (including phenoxy) is 1. The van der Waals surface area contributed by atoms with Crippen molar-refractivity contribution in [2.75, 3.05) is 25.0 Å². The summed E-state index contributed by atoms with van der Waals surface area (Å²) in [4.78, 5) is 19.5. The number of morpholine rings is 1. The maximum Gasteiger partial charge on any atom is 0.228 e. The Labute approximate surface area is 162 Å². The van der Waals surface area contributed by atoms with Crippen molar-refractivity contribution in [1.29, 1.82) is 0 Å². The lowest BCUT2D eigenvalue weighted by Gasteiger charge is -2.32. The molecule has 1 fully saturated rings. The lowest BCUT2D eigenvalue weighted by molar-refractivity contribution is -0.0350. The first-order valence-corrected chi connectivity index (χ1v) is 9.09. The van der Waals surface area contributed by atoms with E-state index in [4.69, 9.17) is 16.3 Å². The molecule has 1 atom stereocenters. The SMILES string of the molecule is Clc1ccccc1CN1CCO[C@@H](c2cncc(Nc3ncccn3)n2)C1. The van der Waals surface area contributed by atoms with Crippen molar-refractivity contribution in [2.24, 2.45) is 0 Å². The van der Waals surface area contributed by atoms with E-state index in [0.29, 0.717) is 18.4 Å². The van der Waals surface area contributed by atoms with Crippen molar-refractivity contribution in [1.82, 2.24) is 24.8 Å². The zero-order valence-corrected chi connectivity index (χ0v) is 15.4. The van der Waals surface area contributed by atoms with Gasteiger partial charge in [0.1, 0.15) is 6.10 Å². The molecule has 1 aliphatic rings. The van der Waals surface area contributed by atoms with E-state index >= 15 is 0 Å². The Bertz CT molecular complexity index is 894. The number of benzene rings is 1. The standard InChI is InChI=1S/C19H19ClN6O/c20-15-5-2-1-4-14(15)12-26-8-9-27-17(13-26)16-10-21-11-18(24-16)25-19-22-6-3-7-23-19/h1-7,10-11,17H,8-9,12-13H2,(H,22,23,24,25)/t17-/m1/s1. The summed E-state index contributed by atoms with van der Waals surface area (Å²) in [7, 11) is 0. The molecule has 8 heteroatoms. The van der Waals surface area contributed by atoms with Gasteiger partial charge in [-0.3, -0.25) is 9.88 Å². The molecule has 0 saturated carbocycles. The van der Waals surface area contributed by atoms with E-state index in [2.05, 4.69) is 36.2 Å². The van der Waals surface area contributed by atoms with E-state index in [-0.39, 0.29) is 6.10 Å². The third-order valence-corrected chi connectivity index (χ3v) is 4.66. The molecule has 3 heterocycles. The highest BCUT2D eigenvalue weighted by atomic mass is 35.5. The number of anilines is 2. The monoisotopic (exact) mass is 382 g/mol. The molecule has 1 saturated heterocycles. The zero-order chi connectivity index (χ0) is 18.5. The molecule has 0 aliphatic carbocycles. The minimum absolute atomic E-state index is 0.146. The largest absolute Gasteiger partial charge is 0.369 e. The number of rotatable bonds is 5. The van der Waals surface area contributed by atoms with Crippen LogP contribution in [0.3, 0.4) is 0 Å². The number of aromatic nitrogens is 4. The quantitative estimate of drug-likeness (QED) is 0.725. The van der Waals surface area contributed by atoms with Gasteiger partial charge in [0.05, 0.1) is 24.7 Å². The summed E-state index contributed by atoms with van der Waals surface area (Å²) in [6.45, 7) is 3.00. The second-order valence-corrected chi connectivity index (χ2v) is 6.62. The van der Waals surface area contributed by atoms with Crippen LogP contribution in [0, 0.1) is 0 Å². The number of hydrogen-bond acceptors (Lipinski definition) is 7. The summed E-state index contributed by atoms with van der Waals surface area (Å²) in [5, 5.41) is 3.85. The second-order valence-electron chi connectivity index (χ2n) is 6.21. The molecule has 1 aliphatic heterocycles. The van der Waals surface area contributed by atoms with Gasteiger partial charge in [0.2, 0.25) is 5.95 Å². The van der Waals surface area contributed by atoms with Crippen molar-refractivity contribution in [3.63, 3.8) is 0 Å². The summed E-state index contributed by atoms with van der Waals surface area (Å²) in [6, 6.07) is 9.68. The summed E-state index contributed by atoms with van der Waals surface area (Å²) < 4.78 is 5.93. The molecule has 0 radical (unpaired) electrons. The minimum atomic E-state index is -0.146. The molecular weight excluding hydrogens is 364 g/mol. The summed E-state index contributed by atoms with van der Waals surface area (Å²) in [5.41, 5.74) is 1.89. The van der Waals surface area contributed by atoms with Crippen LogP contribution in [0.1, 0.15) is 17.4 Å². The van der Waals surface area contributed by atoms with E-state index < -0.39 is 0 Å². The minimum Gasteiger partial charge on any atom is -0.369 e. The number of halogens is 1. The maximum atomic E-state index is 6.29. The van der Waals surface area contributed by atoms with Gasteiger partial charge in [-0.05, 0) is 17.7 Å². The van der Waals surface area contributed by atoms with Gasteiger partial charge < -0.3 is 10.1 Å². The predicted molar refractivity (Wildman–Crippen MR) is 103 cm³/mol. The van der Waals surface area contributed by atoms with Crippen LogP contribution in [0.5, 0.6) is 0 Å². The molecule has 27 heavy (non-hydrogen) atoms. The summed E-state index contributed by atoms with van der Waals surface area (Å²) in [6.07, 6.45) is 6.57. The number of nitrogens with one attached hydrogen (secondary N) is 1. The Hall–Kier alpha value is -2.61. The van der Waals surface area contributed by atoms with Crippen molar-refractivity contribution >= 4 is 23.4 Å². The molecule has 0 amide bonds. The molecular formula is C19H19ClN6O. The van der Waals surface area contributed by atoms with Crippen LogP contribution in [0.15, 0.2) is 55.1 Å². The Balaban J connectivity index is 1.45. The van der Waals surface area contributed by atoms with Crippen LogP contribution in [0.25, 0.3) is 0 Å². The third kappa shape index (κ3) is 4.57. The fourth-order valence-corrected chi connectivity index (χ4v) is 3.16. The van der Waals surface area contributed by atoms with Gasteiger partial charge in [-0.15, -0.1) is 0 Å². The molecule has 1 N–H and O–H groups in total. The topological polar surface area (TPSA) is 76.1 Å². The molecule has 2 aromatic heterocycles. The van der Waals surface area contributed by atoms with Crippen molar-refractivity contribution in [3.05, 3.63) is 71.4 Å². The van der Waals surface area contributed by atoms with Crippen molar-refractivity contribution in [3.8, 4) is 0 Å². The van der Waals surface area contributed by atoms with Gasteiger partial charge in [-0.25, -0.2) is 15.0 Å². The molecule has 1 aromatic carbocycles. The van der Waals surface area contributed by atoms with E-state index in [1.54, 1.807) is 30.9 Å². The highest BCUT2D eigenvalue weighted by molar-refractivity contribution is 6.31. The Morgan fingerprint density at radius 3 is 2.85 bits per heavy atom. The van der Waals surface area contributed by atoms with Crippen LogP contribution in [0.4, 0.5) is 11.8 Å². The molecule has 4 rings (SSSR count). The van der Waals surface area contributed by atoms with Crippen molar-refractivity contribution < 1.29 is 4.74 Å². The highest BCUT2D eigenvalue weighted by Crippen LogP contribution is 2.24. The predicted octanol–water partition coefficient (Wildman–Crippen LogP) is 3.24. The zero-order valence-electron chi connectivity index (χ0n) is 14.6. The molecule has 138 valence electrons. The smallest absolute Gasteiger partial charge is 0.228 e. The first kappa shape index (κ1) is 17.8. The lowest BCUT2D eigenvalue weighted by atomic mass is 10.1. The van der Waals surface area contributed by atoms with Crippen LogP contribution in [-0.4, -0.2) is 44.5 Å². The number of hydrogen-bond donors (Lipinski definition) is 1. The van der Waals surface area contributed by atoms with E-state index in [1.165, 1.54) is 0 Å². The van der Waals surface area contributed by atoms with E-state index in [9.17, 15) is 0 Å². The van der Waals surface area contributed by atoms with E-state index in [1.807, 2.05) is 18.2 Å². The molecule has 0 bridgehead atoms. The Morgan fingerprint density at radius 1 is 1.15 bits per heavy atom. The van der Waals surface area contributed by atoms with Gasteiger partial charge in [0.25, 0.3) is 0 Å². The fourth-order valence-electron chi connectivity index (χ4n) is 2.97. The Kier molecular flexibility index (Phi) is 5.53. The van der Waals surface area contributed by atoms with Crippen LogP contribution < -0.4 is 5.32 Å². The van der Waals surface area contributed by atoms with E-state index in [0.717, 1.165) is 35.9 Å².